The SMILES string of the molecule is CCN(CC)C(=O)C(Sc1nc2ccc(Br)cc2c(=O)n1CC)c1ccccc1. The number of hydrogen-bond acceptors (Lipinski definition) is 4. The number of halogens is 1. The summed E-state index contributed by atoms with van der Waals surface area (Å²) in [5.41, 5.74) is 1.44. The first kappa shape index (κ1) is 21.6. The number of carbonyl (C=O) groups excluding carboxylic acids is 1. The van der Waals surface area contributed by atoms with E-state index in [-0.39, 0.29) is 11.5 Å². The number of hydrogen-bond donors (Lipinski definition) is 0. The van der Waals surface area contributed by atoms with Crippen LogP contribution in [-0.4, -0.2) is 33.4 Å². The number of likely N-dealkylation sites (N-methyl/N-ethyl adjacent to an activating group) is 1. The zero-order valence-electron chi connectivity index (χ0n) is 16.8. The van der Waals surface area contributed by atoms with Gasteiger partial charge in [-0.05, 0) is 44.5 Å². The van der Waals surface area contributed by atoms with Crippen molar-refractivity contribution in [2.75, 3.05) is 13.1 Å². The standard InChI is InChI=1S/C22H24BrN3O2S/c1-4-25(5-2)21(28)19(15-10-8-7-9-11-15)29-22-24-18-13-12-16(23)14-17(18)20(27)26(22)6-3/h7-14,19H,4-6H2,1-3H3. The Hall–Kier alpha value is -2.12. The Morgan fingerprint density at radius 3 is 2.45 bits per heavy atom. The molecule has 1 atom stereocenters. The molecule has 0 bridgehead atoms. The van der Waals surface area contributed by atoms with E-state index in [0.29, 0.717) is 35.7 Å². The molecule has 0 fully saturated rings. The molecule has 29 heavy (non-hydrogen) atoms. The summed E-state index contributed by atoms with van der Waals surface area (Å²) >= 11 is 4.76. The van der Waals surface area contributed by atoms with Gasteiger partial charge in [0.2, 0.25) is 5.91 Å². The van der Waals surface area contributed by atoms with Crippen LogP contribution in [0.3, 0.4) is 0 Å². The number of aromatic nitrogens is 2. The lowest BCUT2D eigenvalue weighted by atomic mass is 10.1. The summed E-state index contributed by atoms with van der Waals surface area (Å²) in [7, 11) is 0. The van der Waals surface area contributed by atoms with Gasteiger partial charge >= 0.3 is 0 Å². The Morgan fingerprint density at radius 2 is 1.83 bits per heavy atom. The second kappa shape index (κ2) is 9.59. The van der Waals surface area contributed by atoms with Crippen molar-refractivity contribution in [3.8, 4) is 0 Å². The molecule has 3 rings (SSSR count). The van der Waals surface area contributed by atoms with Gasteiger partial charge in [-0.3, -0.25) is 14.2 Å². The van der Waals surface area contributed by atoms with E-state index in [9.17, 15) is 9.59 Å². The smallest absolute Gasteiger partial charge is 0.262 e. The number of rotatable bonds is 7. The number of thioether (sulfide) groups is 1. The largest absolute Gasteiger partial charge is 0.342 e. The minimum absolute atomic E-state index is 0.0269. The Bertz CT molecular complexity index is 1060. The zero-order chi connectivity index (χ0) is 21.0. The highest BCUT2D eigenvalue weighted by Crippen LogP contribution is 2.36. The fourth-order valence-corrected chi connectivity index (χ4v) is 4.84. The van der Waals surface area contributed by atoms with Crippen molar-refractivity contribution in [2.24, 2.45) is 0 Å². The van der Waals surface area contributed by atoms with Gasteiger partial charge in [0.05, 0.1) is 10.9 Å². The maximum Gasteiger partial charge on any atom is 0.262 e. The Balaban J connectivity index is 2.12. The summed E-state index contributed by atoms with van der Waals surface area (Å²) in [6, 6.07) is 15.2. The molecule has 0 spiro atoms. The number of carbonyl (C=O) groups is 1. The van der Waals surface area contributed by atoms with Crippen LogP contribution in [0.5, 0.6) is 0 Å². The van der Waals surface area contributed by atoms with Crippen LogP contribution in [0.4, 0.5) is 0 Å². The minimum atomic E-state index is -0.464. The number of nitrogens with zero attached hydrogens (tertiary/aromatic N) is 3. The molecule has 3 aromatic rings. The van der Waals surface area contributed by atoms with E-state index < -0.39 is 5.25 Å². The zero-order valence-corrected chi connectivity index (χ0v) is 19.2. The maximum atomic E-state index is 13.3. The third-order valence-corrected chi connectivity index (χ3v) is 6.55. The first-order valence-electron chi connectivity index (χ1n) is 9.70. The lowest BCUT2D eigenvalue weighted by Crippen LogP contribution is -2.34. The molecular formula is C22H24BrN3O2S. The van der Waals surface area contributed by atoms with Crippen molar-refractivity contribution in [2.45, 2.75) is 37.7 Å². The molecule has 0 aliphatic carbocycles. The number of benzene rings is 2. The molecule has 5 nitrogen and oxygen atoms in total. The average Bonchev–Trinajstić information content (AvgIpc) is 2.74. The van der Waals surface area contributed by atoms with Crippen LogP contribution in [-0.2, 0) is 11.3 Å². The van der Waals surface area contributed by atoms with Crippen LogP contribution in [0.2, 0.25) is 0 Å². The van der Waals surface area contributed by atoms with Gasteiger partial charge in [-0.1, -0.05) is 58.0 Å². The molecule has 7 heteroatoms. The molecule has 0 N–H and O–H groups in total. The van der Waals surface area contributed by atoms with Crippen LogP contribution in [0.15, 0.2) is 63.0 Å². The number of fused-ring (bicyclic) bond motifs is 1. The fraction of sp³-hybridized carbons (Fsp3) is 0.318. The first-order valence-corrected chi connectivity index (χ1v) is 11.4. The number of amides is 1. The molecule has 1 unspecified atom stereocenters. The highest BCUT2D eigenvalue weighted by Gasteiger charge is 2.27. The molecule has 0 radical (unpaired) electrons. The molecule has 0 aliphatic rings. The molecule has 1 aromatic heterocycles. The molecule has 0 aliphatic heterocycles. The van der Waals surface area contributed by atoms with Crippen molar-refractivity contribution >= 4 is 44.5 Å². The van der Waals surface area contributed by atoms with Crippen molar-refractivity contribution in [1.29, 1.82) is 0 Å². The molecule has 1 heterocycles. The van der Waals surface area contributed by atoms with E-state index in [0.717, 1.165) is 10.0 Å². The normalized spacial score (nSPS) is 12.1. The van der Waals surface area contributed by atoms with Crippen LogP contribution >= 0.6 is 27.7 Å². The highest BCUT2D eigenvalue weighted by molar-refractivity contribution is 9.10. The van der Waals surface area contributed by atoms with Gasteiger partial charge in [-0.2, -0.15) is 0 Å². The molecule has 0 saturated carbocycles. The average molecular weight is 474 g/mol. The van der Waals surface area contributed by atoms with Gasteiger partial charge in [0.25, 0.3) is 5.56 Å². The van der Waals surface area contributed by atoms with Crippen LogP contribution in [0.1, 0.15) is 31.6 Å². The van der Waals surface area contributed by atoms with E-state index in [4.69, 9.17) is 4.98 Å². The van der Waals surface area contributed by atoms with Crippen LogP contribution in [0.25, 0.3) is 10.9 Å². The lowest BCUT2D eigenvalue weighted by molar-refractivity contribution is -0.130. The molecular weight excluding hydrogens is 450 g/mol. The molecule has 0 saturated heterocycles. The first-order chi connectivity index (χ1) is 14.0. The van der Waals surface area contributed by atoms with E-state index in [1.54, 1.807) is 10.6 Å². The Kier molecular flexibility index (Phi) is 7.14. The fourth-order valence-electron chi connectivity index (χ4n) is 3.24. The van der Waals surface area contributed by atoms with Crippen molar-refractivity contribution in [1.82, 2.24) is 14.5 Å². The summed E-state index contributed by atoms with van der Waals surface area (Å²) in [4.78, 5) is 32.9. The van der Waals surface area contributed by atoms with Gasteiger partial charge in [-0.15, -0.1) is 0 Å². The predicted molar refractivity (Wildman–Crippen MR) is 122 cm³/mol. The lowest BCUT2D eigenvalue weighted by Gasteiger charge is -2.25. The molecule has 2 aromatic carbocycles. The van der Waals surface area contributed by atoms with Gasteiger partial charge in [0.15, 0.2) is 5.16 Å². The van der Waals surface area contributed by atoms with Gasteiger partial charge < -0.3 is 4.90 Å². The van der Waals surface area contributed by atoms with Crippen molar-refractivity contribution < 1.29 is 4.79 Å². The summed E-state index contributed by atoms with van der Waals surface area (Å²) < 4.78 is 2.48. The molecule has 152 valence electrons. The summed E-state index contributed by atoms with van der Waals surface area (Å²) in [6.45, 7) is 7.63. The second-order valence-electron chi connectivity index (χ2n) is 6.52. The van der Waals surface area contributed by atoms with Crippen molar-refractivity contribution in [3.63, 3.8) is 0 Å². The van der Waals surface area contributed by atoms with E-state index >= 15 is 0 Å². The van der Waals surface area contributed by atoms with Crippen molar-refractivity contribution in [3.05, 3.63) is 68.9 Å². The monoisotopic (exact) mass is 473 g/mol. The van der Waals surface area contributed by atoms with E-state index in [1.807, 2.05) is 68.1 Å². The van der Waals surface area contributed by atoms with Gasteiger partial charge in [-0.25, -0.2) is 4.98 Å². The predicted octanol–water partition coefficient (Wildman–Crippen LogP) is 4.88. The maximum absolute atomic E-state index is 13.3. The Morgan fingerprint density at radius 1 is 1.14 bits per heavy atom. The summed E-state index contributed by atoms with van der Waals surface area (Å²) in [6.07, 6.45) is 0. The van der Waals surface area contributed by atoms with E-state index in [1.165, 1.54) is 11.8 Å². The Labute approximate surface area is 183 Å². The van der Waals surface area contributed by atoms with Gasteiger partial charge in [0, 0.05) is 24.1 Å². The van der Waals surface area contributed by atoms with E-state index in [2.05, 4.69) is 15.9 Å². The van der Waals surface area contributed by atoms with Crippen LogP contribution in [0, 0.1) is 0 Å². The highest BCUT2D eigenvalue weighted by atomic mass is 79.9. The second-order valence-corrected chi connectivity index (χ2v) is 8.51. The topological polar surface area (TPSA) is 55.2 Å². The van der Waals surface area contributed by atoms with Gasteiger partial charge in [0.1, 0.15) is 5.25 Å². The minimum Gasteiger partial charge on any atom is -0.342 e. The quantitative estimate of drug-likeness (QED) is 0.362. The third-order valence-electron chi connectivity index (χ3n) is 4.82. The summed E-state index contributed by atoms with van der Waals surface area (Å²) in [5, 5.41) is 0.660. The summed E-state index contributed by atoms with van der Waals surface area (Å²) in [5.74, 6) is 0.0269. The molecule has 1 amide bonds. The third kappa shape index (κ3) is 4.56. The van der Waals surface area contributed by atoms with Crippen LogP contribution < -0.4 is 5.56 Å².